The van der Waals surface area contributed by atoms with Crippen molar-refractivity contribution in [2.45, 2.75) is 38.0 Å². The van der Waals surface area contributed by atoms with Gasteiger partial charge in [-0.25, -0.2) is 0 Å². The Kier molecular flexibility index (Phi) is 2.86. The van der Waals surface area contributed by atoms with Gasteiger partial charge in [0.1, 0.15) is 0 Å². The van der Waals surface area contributed by atoms with E-state index in [1.807, 2.05) is 7.11 Å². The van der Waals surface area contributed by atoms with Crippen molar-refractivity contribution in [3.63, 3.8) is 0 Å². The molecule has 2 fully saturated rings. The van der Waals surface area contributed by atoms with Crippen molar-refractivity contribution in [1.29, 1.82) is 0 Å². The van der Waals surface area contributed by atoms with Gasteiger partial charge >= 0.3 is 0 Å². The van der Waals surface area contributed by atoms with Crippen LogP contribution in [0.3, 0.4) is 0 Å². The Morgan fingerprint density at radius 2 is 2.15 bits per heavy atom. The van der Waals surface area contributed by atoms with Crippen LogP contribution in [-0.2, 0) is 4.74 Å². The molecule has 1 heterocycles. The van der Waals surface area contributed by atoms with Gasteiger partial charge in [0.15, 0.2) is 0 Å². The first-order valence-corrected chi connectivity index (χ1v) is 5.30. The minimum Gasteiger partial charge on any atom is -0.381 e. The van der Waals surface area contributed by atoms with Gasteiger partial charge in [-0.1, -0.05) is 0 Å². The van der Waals surface area contributed by atoms with E-state index >= 15 is 0 Å². The van der Waals surface area contributed by atoms with Gasteiger partial charge in [0, 0.05) is 38.8 Å². The summed E-state index contributed by atoms with van der Waals surface area (Å²) in [7, 11) is 1.82. The maximum Gasteiger partial charge on any atom is 0.0601 e. The molecule has 1 saturated heterocycles. The van der Waals surface area contributed by atoms with Crippen LogP contribution in [-0.4, -0.2) is 49.8 Å². The van der Waals surface area contributed by atoms with Crippen LogP contribution in [0.15, 0.2) is 0 Å². The summed E-state index contributed by atoms with van der Waals surface area (Å²) in [5.74, 6) is 0. The van der Waals surface area contributed by atoms with Crippen LogP contribution in [0.4, 0.5) is 0 Å². The molecular weight excluding hydrogens is 164 g/mol. The third-order valence-electron chi connectivity index (χ3n) is 3.32. The van der Waals surface area contributed by atoms with Crippen LogP contribution in [0.5, 0.6) is 0 Å². The predicted octanol–water partition coefficient (Wildman–Crippen LogP) is 0.457. The smallest absolute Gasteiger partial charge is 0.0601 e. The molecule has 3 nitrogen and oxygen atoms in total. The van der Waals surface area contributed by atoms with Gasteiger partial charge in [-0.3, -0.25) is 4.90 Å². The number of piperazine rings is 1. The zero-order chi connectivity index (χ0) is 9.26. The number of hydrogen-bond donors (Lipinski definition) is 1. The van der Waals surface area contributed by atoms with Crippen molar-refractivity contribution >= 4 is 0 Å². The zero-order valence-corrected chi connectivity index (χ0v) is 8.62. The molecule has 13 heavy (non-hydrogen) atoms. The van der Waals surface area contributed by atoms with E-state index in [0.717, 1.165) is 12.6 Å². The SMILES string of the molecule is COC1CC(N2CCNC(C)C2)C1. The number of hydrogen-bond acceptors (Lipinski definition) is 3. The molecule has 1 unspecified atom stereocenters. The highest BCUT2D eigenvalue weighted by atomic mass is 16.5. The molecule has 0 amide bonds. The Hall–Kier alpha value is -0.120. The standard InChI is InChI=1S/C10H20N2O/c1-8-7-12(4-3-11-8)9-5-10(6-9)13-2/h8-11H,3-7H2,1-2H3. The van der Waals surface area contributed by atoms with Crippen LogP contribution in [0.2, 0.25) is 0 Å². The number of nitrogens with one attached hydrogen (secondary N) is 1. The molecule has 0 bridgehead atoms. The Labute approximate surface area is 80.4 Å². The van der Waals surface area contributed by atoms with Crippen molar-refractivity contribution in [3.05, 3.63) is 0 Å². The number of methoxy groups -OCH3 is 1. The Morgan fingerprint density at radius 1 is 1.38 bits per heavy atom. The van der Waals surface area contributed by atoms with Crippen LogP contribution in [0.25, 0.3) is 0 Å². The summed E-state index contributed by atoms with van der Waals surface area (Å²) < 4.78 is 5.29. The minimum atomic E-state index is 0.537. The molecule has 1 aliphatic heterocycles. The molecule has 0 aromatic rings. The molecular formula is C10H20N2O. The van der Waals surface area contributed by atoms with E-state index in [1.165, 1.54) is 25.9 Å². The van der Waals surface area contributed by atoms with E-state index in [2.05, 4.69) is 17.1 Å². The van der Waals surface area contributed by atoms with Crippen LogP contribution < -0.4 is 5.32 Å². The molecule has 0 aromatic heterocycles. The topological polar surface area (TPSA) is 24.5 Å². The lowest BCUT2D eigenvalue weighted by atomic mass is 9.87. The molecule has 1 aliphatic carbocycles. The normalized spacial score (nSPS) is 41.5. The van der Waals surface area contributed by atoms with Gasteiger partial charge in [-0.15, -0.1) is 0 Å². The number of nitrogens with zero attached hydrogens (tertiary/aromatic N) is 1. The van der Waals surface area contributed by atoms with Gasteiger partial charge in [0.2, 0.25) is 0 Å². The molecule has 0 aromatic carbocycles. The molecule has 1 N–H and O–H groups in total. The summed E-state index contributed by atoms with van der Waals surface area (Å²) in [6.45, 7) is 5.83. The maximum absolute atomic E-state index is 5.29. The summed E-state index contributed by atoms with van der Waals surface area (Å²) in [6, 6.07) is 1.46. The number of rotatable bonds is 2. The molecule has 2 rings (SSSR count). The highest BCUT2D eigenvalue weighted by Crippen LogP contribution is 2.28. The van der Waals surface area contributed by atoms with E-state index in [1.54, 1.807) is 0 Å². The van der Waals surface area contributed by atoms with Gasteiger partial charge < -0.3 is 10.1 Å². The Balaban J connectivity index is 1.75. The summed E-state index contributed by atoms with van der Waals surface area (Å²) in [5.41, 5.74) is 0. The second-order valence-electron chi connectivity index (χ2n) is 4.33. The largest absolute Gasteiger partial charge is 0.381 e. The van der Waals surface area contributed by atoms with Gasteiger partial charge in [-0.2, -0.15) is 0 Å². The molecule has 1 saturated carbocycles. The van der Waals surface area contributed by atoms with Crippen molar-refractivity contribution < 1.29 is 4.74 Å². The van der Waals surface area contributed by atoms with Crippen LogP contribution >= 0.6 is 0 Å². The summed E-state index contributed by atoms with van der Waals surface area (Å²) in [5, 5.41) is 3.47. The fourth-order valence-corrected chi connectivity index (χ4v) is 2.32. The van der Waals surface area contributed by atoms with Gasteiger partial charge in [0.05, 0.1) is 6.10 Å². The maximum atomic E-state index is 5.29. The van der Waals surface area contributed by atoms with E-state index in [4.69, 9.17) is 4.74 Å². The van der Waals surface area contributed by atoms with E-state index in [0.29, 0.717) is 12.1 Å². The third-order valence-corrected chi connectivity index (χ3v) is 3.32. The average molecular weight is 184 g/mol. The second kappa shape index (κ2) is 3.95. The predicted molar refractivity (Wildman–Crippen MR) is 52.9 cm³/mol. The van der Waals surface area contributed by atoms with Crippen molar-refractivity contribution in [3.8, 4) is 0 Å². The lowest BCUT2D eigenvalue weighted by Crippen LogP contribution is -2.57. The van der Waals surface area contributed by atoms with Crippen molar-refractivity contribution in [2.24, 2.45) is 0 Å². The average Bonchev–Trinajstić information content (AvgIpc) is 2.02. The summed E-state index contributed by atoms with van der Waals surface area (Å²) >= 11 is 0. The first-order chi connectivity index (χ1) is 6.29. The minimum absolute atomic E-state index is 0.537. The van der Waals surface area contributed by atoms with Crippen molar-refractivity contribution in [2.75, 3.05) is 26.7 Å². The van der Waals surface area contributed by atoms with E-state index in [-0.39, 0.29) is 0 Å². The fourth-order valence-electron chi connectivity index (χ4n) is 2.32. The van der Waals surface area contributed by atoms with Gasteiger partial charge in [0.25, 0.3) is 0 Å². The molecule has 76 valence electrons. The summed E-state index contributed by atoms with van der Waals surface area (Å²) in [4.78, 5) is 2.61. The highest BCUT2D eigenvalue weighted by Gasteiger charge is 2.34. The lowest BCUT2D eigenvalue weighted by molar-refractivity contribution is -0.0338. The monoisotopic (exact) mass is 184 g/mol. The van der Waals surface area contributed by atoms with Crippen molar-refractivity contribution in [1.82, 2.24) is 10.2 Å². The molecule has 0 spiro atoms. The summed E-state index contributed by atoms with van der Waals surface area (Å²) in [6.07, 6.45) is 3.02. The molecule has 3 heteroatoms. The fraction of sp³-hybridized carbons (Fsp3) is 1.00. The third kappa shape index (κ3) is 2.03. The second-order valence-corrected chi connectivity index (χ2v) is 4.33. The lowest BCUT2D eigenvalue weighted by Gasteiger charge is -2.45. The van der Waals surface area contributed by atoms with Crippen LogP contribution in [0.1, 0.15) is 19.8 Å². The van der Waals surface area contributed by atoms with E-state index in [9.17, 15) is 0 Å². The number of ether oxygens (including phenoxy) is 1. The first-order valence-electron chi connectivity index (χ1n) is 5.30. The quantitative estimate of drug-likeness (QED) is 0.674. The van der Waals surface area contributed by atoms with Gasteiger partial charge in [-0.05, 0) is 19.8 Å². The molecule has 2 aliphatic rings. The Morgan fingerprint density at radius 3 is 2.77 bits per heavy atom. The molecule has 1 atom stereocenters. The molecule has 0 radical (unpaired) electrons. The first kappa shape index (κ1) is 9.44. The van der Waals surface area contributed by atoms with E-state index < -0.39 is 0 Å². The zero-order valence-electron chi connectivity index (χ0n) is 8.62. The van der Waals surface area contributed by atoms with Crippen LogP contribution in [0, 0.1) is 0 Å². The highest BCUT2D eigenvalue weighted by molar-refractivity contribution is 4.90. The Bertz CT molecular complexity index is 168.